The fourth-order valence-corrected chi connectivity index (χ4v) is 2.76. The van der Waals surface area contributed by atoms with Gasteiger partial charge in [0.15, 0.2) is 9.84 Å². The second kappa shape index (κ2) is 5.87. The molecule has 2 aromatic rings. The number of carbonyl (C=O) groups is 1. The number of sulfone groups is 1. The highest BCUT2D eigenvalue weighted by Crippen LogP contribution is 2.21. The summed E-state index contributed by atoms with van der Waals surface area (Å²) in [5, 5.41) is 2.63. The summed E-state index contributed by atoms with van der Waals surface area (Å²) >= 11 is 3.27. The molecule has 21 heavy (non-hydrogen) atoms. The largest absolute Gasteiger partial charge is 0.398 e. The Kier molecular flexibility index (Phi) is 4.34. The van der Waals surface area contributed by atoms with E-state index in [4.69, 9.17) is 5.73 Å². The van der Waals surface area contributed by atoms with Crippen molar-refractivity contribution in [3.63, 3.8) is 0 Å². The first-order chi connectivity index (χ1) is 9.77. The van der Waals surface area contributed by atoms with Crippen molar-refractivity contribution < 1.29 is 13.2 Å². The topological polar surface area (TPSA) is 89.3 Å². The number of rotatable bonds is 3. The van der Waals surface area contributed by atoms with Gasteiger partial charge in [-0.3, -0.25) is 4.79 Å². The highest BCUT2D eigenvalue weighted by atomic mass is 79.9. The zero-order valence-corrected chi connectivity index (χ0v) is 13.5. The van der Waals surface area contributed by atoms with Gasteiger partial charge < -0.3 is 11.1 Å². The Morgan fingerprint density at radius 3 is 2.57 bits per heavy atom. The molecular weight excluding hydrogens is 356 g/mol. The summed E-state index contributed by atoms with van der Waals surface area (Å²) in [4.78, 5) is 12.3. The van der Waals surface area contributed by atoms with E-state index in [0.717, 1.165) is 10.7 Å². The monoisotopic (exact) mass is 368 g/mol. The Morgan fingerprint density at radius 1 is 1.19 bits per heavy atom. The van der Waals surface area contributed by atoms with Crippen LogP contribution < -0.4 is 11.1 Å². The molecule has 0 spiro atoms. The first-order valence-corrected chi connectivity index (χ1v) is 8.62. The van der Waals surface area contributed by atoms with Crippen LogP contribution in [-0.2, 0) is 9.84 Å². The normalized spacial score (nSPS) is 11.1. The molecule has 0 unspecified atom stereocenters. The fraction of sp³-hybridized carbons (Fsp3) is 0.0714. The van der Waals surface area contributed by atoms with Gasteiger partial charge in [0.25, 0.3) is 5.91 Å². The fourth-order valence-electron chi connectivity index (χ4n) is 1.73. The van der Waals surface area contributed by atoms with E-state index in [2.05, 4.69) is 21.2 Å². The number of anilines is 2. The molecule has 0 saturated carbocycles. The van der Waals surface area contributed by atoms with Crippen molar-refractivity contribution in [3.8, 4) is 0 Å². The summed E-state index contributed by atoms with van der Waals surface area (Å²) in [6.45, 7) is 0. The molecule has 0 aromatic heterocycles. The minimum absolute atomic E-state index is 0.141. The van der Waals surface area contributed by atoms with Gasteiger partial charge in [0.1, 0.15) is 0 Å². The minimum atomic E-state index is -3.32. The smallest absolute Gasteiger partial charge is 0.257 e. The molecule has 110 valence electrons. The van der Waals surface area contributed by atoms with Gasteiger partial charge in [-0.25, -0.2) is 8.42 Å². The molecule has 0 aliphatic carbocycles. The summed E-state index contributed by atoms with van der Waals surface area (Å²) in [5.74, 6) is -0.403. The first kappa shape index (κ1) is 15.5. The van der Waals surface area contributed by atoms with Crippen LogP contribution in [0, 0.1) is 0 Å². The predicted octanol–water partition coefficient (Wildman–Crippen LogP) is 2.69. The first-order valence-electron chi connectivity index (χ1n) is 5.94. The molecule has 0 fully saturated rings. The molecule has 7 heteroatoms. The van der Waals surface area contributed by atoms with E-state index in [-0.39, 0.29) is 4.90 Å². The van der Waals surface area contributed by atoms with E-state index in [0.29, 0.717) is 16.9 Å². The summed E-state index contributed by atoms with van der Waals surface area (Å²) in [5.41, 5.74) is 6.81. The van der Waals surface area contributed by atoms with Crippen molar-refractivity contribution in [2.45, 2.75) is 4.90 Å². The number of amides is 1. The molecule has 2 aromatic carbocycles. The number of carbonyl (C=O) groups excluding carboxylic acids is 1. The third-order valence-corrected chi connectivity index (χ3v) is 4.38. The van der Waals surface area contributed by atoms with E-state index in [1.807, 2.05) is 0 Å². The number of nitrogen functional groups attached to an aromatic ring is 1. The van der Waals surface area contributed by atoms with Crippen molar-refractivity contribution in [3.05, 3.63) is 52.5 Å². The number of benzene rings is 2. The number of hydrogen-bond acceptors (Lipinski definition) is 4. The van der Waals surface area contributed by atoms with Crippen LogP contribution in [0.5, 0.6) is 0 Å². The van der Waals surface area contributed by atoms with Crippen LogP contribution in [0.3, 0.4) is 0 Å². The van der Waals surface area contributed by atoms with Gasteiger partial charge in [-0.2, -0.15) is 0 Å². The lowest BCUT2D eigenvalue weighted by Crippen LogP contribution is -2.14. The van der Waals surface area contributed by atoms with Crippen molar-refractivity contribution in [1.29, 1.82) is 0 Å². The van der Waals surface area contributed by atoms with E-state index >= 15 is 0 Å². The van der Waals surface area contributed by atoms with Gasteiger partial charge in [0.05, 0.1) is 10.5 Å². The summed E-state index contributed by atoms with van der Waals surface area (Å²) < 4.78 is 23.7. The highest BCUT2D eigenvalue weighted by molar-refractivity contribution is 9.10. The lowest BCUT2D eigenvalue weighted by atomic mass is 10.1. The Hall–Kier alpha value is -1.86. The molecule has 0 bridgehead atoms. The molecule has 5 nitrogen and oxygen atoms in total. The maximum Gasteiger partial charge on any atom is 0.257 e. The summed E-state index contributed by atoms with van der Waals surface area (Å²) in [6, 6.07) is 11.0. The van der Waals surface area contributed by atoms with Crippen LogP contribution in [0.25, 0.3) is 0 Å². The molecule has 2 rings (SSSR count). The SMILES string of the molecule is CS(=O)(=O)c1cccc(NC(=O)c2cc(Br)ccc2N)c1. The van der Waals surface area contributed by atoms with Gasteiger partial charge >= 0.3 is 0 Å². The maximum atomic E-state index is 12.2. The number of nitrogens with one attached hydrogen (secondary N) is 1. The average Bonchev–Trinajstić information content (AvgIpc) is 2.41. The van der Waals surface area contributed by atoms with Gasteiger partial charge in [-0.1, -0.05) is 22.0 Å². The Morgan fingerprint density at radius 2 is 1.90 bits per heavy atom. The van der Waals surface area contributed by atoms with Gasteiger partial charge in [-0.05, 0) is 36.4 Å². The Balaban J connectivity index is 2.30. The quantitative estimate of drug-likeness (QED) is 0.815. The lowest BCUT2D eigenvalue weighted by molar-refractivity contribution is 0.102. The second-order valence-electron chi connectivity index (χ2n) is 4.49. The average molecular weight is 369 g/mol. The Labute approximate surface area is 131 Å². The zero-order valence-electron chi connectivity index (χ0n) is 11.1. The van der Waals surface area contributed by atoms with E-state index < -0.39 is 15.7 Å². The molecule has 0 aliphatic heterocycles. The minimum Gasteiger partial charge on any atom is -0.398 e. The van der Waals surface area contributed by atoms with Gasteiger partial charge in [0, 0.05) is 22.1 Å². The predicted molar refractivity (Wildman–Crippen MR) is 86.1 cm³/mol. The summed E-state index contributed by atoms with van der Waals surface area (Å²) in [6.07, 6.45) is 1.11. The second-order valence-corrected chi connectivity index (χ2v) is 7.42. The van der Waals surface area contributed by atoms with Crippen LogP contribution in [0.15, 0.2) is 51.8 Å². The number of nitrogens with two attached hydrogens (primary N) is 1. The molecule has 3 N–H and O–H groups in total. The van der Waals surface area contributed by atoms with Crippen molar-refractivity contribution in [1.82, 2.24) is 0 Å². The molecule has 0 atom stereocenters. The van der Waals surface area contributed by atoms with Crippen LogP contribution in [0.4, 0.5) is 11.4 Å². The third kappa shape index (κ3) is 3.83. The van der Waals surface area contributed by atoms with Crippen LogP contribution in [0.1, 0.15) is 10.4 Å². The molecule has 0 saturated heterocycles. The van der Waals surface area contributed by atoms with Gasteiger partial charge in [0.2, 0.25) is 0 Å². The zero-order chi connectivity index (χ0) is 15.6. The third-order valence-electron chi connectivity index (χ3n) is 2.78. The number of halogens is 1. The van der Waals surface area contributed by atoms with Crippen LogP contribution >= 0.6 is 15.9 Å². The standard InChI is InChI=1S/C14H13BrN2O3S/c1-21(19,20)11-4-2-3-10(8-11)17-14(18)12-7-9(15)5-6-13(12)16/h2-8H,16H2,1H3,(H,17,18). The lowest BCUT2D eigenvalue weighted by Gasteiger charge is -2.09. The molecular formula is C14H13BrN2O3S. The van der Waals surface area contributed by atoms with E-state index in [1.165, 1.54) is 12.1 Å². The van der Waals surface area contributed by atoms with E-state index in [1.54, 1.807) is 30.3 Å². The summed E-state index contributed by atoms with van der Waals surface area (Å²) in [7, 11) is -3.32. The van der Waals surface area contributed by atoms with Crippen LogP contribution in [-0.4, -0.2) is 20.6 Å². The van der Waals surface area contributed by atoms with Gasteiger partial charge in [-0.15, -0.1) is 0 Å². The molecule has 1 amide bonds. The van der Waals surface area contributed by atoms with Crippen LogP contribution in [0.2, 0.25) is 0 Å². The highest BCUT2D eigenvalue weighted by Gasteiger charge is 2.12. The van der Waals surface area contributed by atoms with E-state index in [9.17, 15) is 13.2 Å². The molecule has 0 radical (unpaired) electrons. The molecule has 0 heterocycles. The molecule has 0 aliphatic rings. The maximum absolute atomic E-state index is 12.2. The Bertz CT molecular complexity index is 804. The van der Waals surface area contributed by atoms with Crippen molar-refractivity contribution in [2.24, 2.45) is 0 Å². The van der Waals surface area contributed by atoms with Crippen molar-refractivity contribution >= 4 is 43.0 Å². The number of hydrogen-bond donors (Lipinski definition) is 2. The van der Waals surface area contributed by atoms with Crippen molar-refractivity contribution in [2.75, 3.05) is 17.3 Å².